The molecule has 204 valence electrons. The van der Waals surface area contributed by atoms with Crippen molar-refractivity contribution < 1.29 is 80.1 Å². The van der Waals surface area contributed by atoms with E-state index < -0.39 is 89.0 Å². The second-order valence-electron chi connectivity index (χ2n) is 7.92. The summed E-state index contributed by atoms with van der Waals surface area (Å²) in [6.45, 7) is 0. The molecule has 0 unspecified atom stereocenters. The van der Waals surface area contributed by atoms with Crippen LogP contribution in [0.3, 0.4) is 0 Å². The van der Waals surface area contributed by atoms with Gasteiger partial charge in [0.25, 0.3) is 0 Å². The Balaban J connectivity index is 2.57. The number of rotatable bonds is 9. The Morgan fingerprint density at radius 2 is 1.06 bits per heavy atom. The molecule has 1 N–H and O–H groups in total. The van der Waals surface area contributed by atoms with Crippen molar-refractivity contribution in [2.24, 2.45) is 17.8 Å². The first-order valence-corrected chi connectivity index (χ1v) is 9.18. The van der Waals surface area contributed by atoms with Gasteiger partial charge in [0, 0.05) is 5.57 Å². The minimum atomic E-state index is -8.51. The first kappa shape index (κ1) is 29.6. The van der Waals surface area contributed by atoms with Gasteiger partial charge >= 0.3 is 52.8 Å². The fourth-order valence-electron chi connectivity index (χ4n) is 3.87. The Labute approximate surface area is 187 Å². The van der Waals surface area contributed by atoms with Crippen molar-refractivity contribution in [2.75, 3.05) is 0 Å². The average molecular weight is 573 g/mol. The van der Waals surface area contributed by atoms with Crippen LogP contribution in [0, 0.1) is 17.8 Å². The highest BCUT2D eigenvalue weighted by Gasteiger charge is 2.95. The molecule has 35 heavy (non-hydrogen) atoms. The van der Waals surface area contributed by atoms with Gasteiger partial charge in [-0.3, -0.25) is 4.79 Å². The van der Waals surface area contributed by atoms with E-state index in [9.17, 15) is 75.0 Å². The van der Waals surface area contributed by atoms with Gasteiger partial charge in [0.1, 0.15) is 0 Å². The summed E-state index contributed by atoms with van der Waals surface area (Å²) in [5, 5.41) is 2.02. The SMILES string of the molecule is O=C(O)[C@H]1C[C@@H]2C[C@H]1C=C2C(F)(F)C(F)(F)C(F)(F)C(F)(F)C(F)(F)C(F)(F)C(F)(F)C(F)(F)Cl. The maximum atomic E-state index is 14.3. The molecule has 2 rings (SSSR count). The topological polar surface area (TPSA) is 37.3 Å². The zero-order valence-electron chi connectivity index (χ0n) is 16.0. The second kappa shape index (κ2) is 7.69. The number of aliphatic carboxylic acids is 1. The van der Waals surface area contributed by atoms with Crippen LogP contribution in [0.25, 0.3) is 0 Å². The smallest absolute Gasteiger partial charge is 0.393 e. The van der Waals surface area contributed by atoms with Gasteiger partial charge in [-0.05, 0) is 36.3 Å². The fraction of sp³-hybridized carbons (Fsp3) is 0.812. The Kier molecular flexibility index (Phi) is 6.51. The second-order valence-corrected chi connectivity index (χ2v) is 8.39. The Morgan fingerprint density at radius 1 is 0.686 bits per heavy atom. The predicted octanol–water partition coefficient (Wildman–Crippen LogP) is 6.93. The first-order chi connectivity index (χ1) is 15.1. The molecule has 19 heteroatoms. The lowest BCUT2D eigenvalue weighted by Crippen LogP contribution is -2.74. The molecular weight excluding hydrogens is 564 g/mol. The number of hydrogen-bond donors (Lipinski definition) is 1. The molecule has 2 nitrogen and oxygen atoms in total. The summed E-state index contributed by atoms with van der Waals surface area (Å²) in [7, 11) is 0. The summed E-state index contributed by atoms with van der Waals surface area (Å²) < 4.78 is 217. The number of carbonyl (C=O) groups is 1. The van der Waals surface area contributed by atoms with Crippen LogP contribution in [-0.2, 0) is 4.79 Å². The van der Waals surface area contributed by atoms with Crippen molar-refractivity contribution >= 4 is 17.6 Å². The number of fused-ring (bicyclic) bond motifs is 2. The zero-order valence-corrected chi connectivity index (χ0v) is 16.8. The molecule has 2 bridgehead atoms. The normalized spacial score (nSPS) is 25.2. The van der Waals surface area contributed by atoms with Crippen molar-refractivity contribution in [2.45, 2.75) is 59.7 Å². The molecule has 0 aromatic rings. The average Bonchev–Trinajstić information content (AvgIpc) is 3.27. The highest BCUT2D eigenvalue weighted by Crippen LogP contribution is 2.66. The van der Waals surface area contributed by atoms with Gasteiger partial charge in [-0.15, -0.1) is 0 Å². The van der Waals surface area contributed by atoms with Crippen molar-refractivity contribution in [1.82, 2.24) is 0 Å². The van der Waals surface area contributed by atoms with E-state index in [0.717, 1.165) is 0 Å². The predicted molar refractivity (Wildman–Crippen MR) is 80.9 cm³/mol. The molecule has 0 aliphatic heterocycles. The number of carboxylic acid groups (broad SMARTS) is 1. The summed E-state index contributed by atoms with van der Waals surface area (Å²) in [5.41, 5.74) is -2.10. The van der Waals surface area contributed by atoms with Crippen LogP contribution < -0.4 is 0 Å². The first-order valence-electron chi connectivity index (χ1n) is 8.81. The summed E-state index contributed by atoms with van der Waals surface area (Å²) in [6, 6.07) is 0. The van der Waals surface area contributed by atoms with Crippen LogP contribution in [0.15, 0.2) is 11.6 Å². The molecule has 1 fully saturated rings. The van der Waals surface area contributed by atoms with E-state index >= 15 is 0 Å². The summed E-state index contributed by atoms with van der Waals surface area (Å²) in [4.78, 5) is 10.9. The van der Waals surface area contributed by atoms with Gasteiger partial charge in [-0.2, -0.15) is 70.2 Å². The molecule has 0 spiro atoms. The van der Waals surface area contributed by atoms with E-state index in [4.69, 9.17) is 5.11 Å². The van der Waals surface area contributed by atoms with Gasteiger partial charge in [0.05, 0.1) is 5.92 Å². The van der Waals surface area contributed by atoms with Gasteiger partial charge in [-0.25, -0.2) is 0 Å². The minimum Gasteiger partial charge on any atom is -0.481 e. The van der Waals surface area contributed by atoms with E-state index in [1.165, 1.54) is 0 Å². The lowest BCUT2D eigenvalue weighted by atomic mass is 9.81. The van der Waals surface area contributed by atoms with Crippen molar-refractivity contribution in [3.05, 3.63) is 11.6 Å². The number of alkyl halides is 17. The molecule has 0 saturated heterocycles. The van der Waals surface area contributed by atoms with Crippen LogP contribution in [0.2, 0.25) is 0 Å². The highest BCUT2D eigenvalue weighted by atomic mass is 35.5. The molecule has 1 saturated carbocycles. The molecule has 0 radical (unpaired) electrons. The standard InChI is InChI=1S/C16H9ClF16O2/c17-16(32,33)15(30,31)14(28,29)13(26,27)12(24,25)11(22,23)10(20,21)9(18,19)7-3-4-1-5(7)2-6(4)8(34)35/h3-6H,1-2H2,(H,34,35)/t4-,5-,6-/m0/s1. The number of hydrogen-bond acceptors (Lipinski definition) is 1. The fourth-order valence-corrected chi connectivity index (χ4v) is 3.98. The molecule has 2 aliphatic carbocycles. The van der Waals surface area contributed by atoms with E-state index in [0.29, 0.717) is 0 Å². The van der Waals surface area contributed by atoms with E-state index in [-0.39, 0.29) is 6.08 Å². The third-order valence-electron chi connectivity index (χ3n) is 5.85. The minimum absolute atomic E-state index is 0.00989. The Hall–Kier alpha value is -1.62. The summed E-state index contributed by atoms with van der Waals surface area (Å²) in [6.07, 6.45) is -1.60. The Morgan fingerprint density at radius 3 is 1.37 bits per heavy atom. The maximum absolute atomic E-state index is 14.3. The zero-order chi connectivity index (χ0) is 28.0. The van der Waals surface area contributed by atoms with Gasteiger partial charge in [0.2, 0.25) is 0 Å². The van der Waals surface area contributed by atoms with Crippen molar-refractivity contribution in [3.8, 4) is 0 Å². The van der Waals surface area contributed by atoms with Crippen molar-refractivity contribution in [3.63, 3.8) is 0 Å². The van der Waals surface area contributed by atoms with Gasteiger partial charge < -0.3 is 5.11 Å². The summed E-state index contributed by atoms with van der Waals surface area (Å²) >= 11 is 3.45. The quantitative estimate of drug-likeness (QED) is 0.185. The molecular formula is C16H9ClF16O2. The van der Waals surface area contributed by atoms with Gasteiger partial charge in [0.15, 0.2) is 0 Å². The van der Waals surface area contributed by atoms with Crippen LogP contribution in [0.5, 0.6) is 0 Å². The molecule has 3 atom stereocenters. The molecule has 0 aromatic heterocycles. The monoisotopic (exact) mass is 572 g/mol. The van der Waals surface area contributed by atoms with E-state index in [2.05, 4.69) is 11.6 Å². The largest absolute Gasteiger partial charge is 0.481 e. The van der Waals surface area contributed by atoms with E-state index in [1.807, 2.05) is 0 Å². The number of carboxylic acids is 1. The lowest BCUT2D eigenvalue weighted by molar-refractivity contribution is -0.447. The molecule has 0 heterocycles. The third-order valence-corrected chi connectivity index (χ3v) is 6.08. The Bertz CT molecular complexity index is 906. The molecule has 0 aromatic carbocycles. The van der Waals surface area contributed by atoms with Crippen LogP contribution in [0.1, 0.15) is 12.8 Å². The van der Waals surface area contributed by atoms with Crippen LogP contribution >= 0.6 is 11.6 Å². The lowest BCUT2D eigenvalue weighted by Gasteiger charge is -2.43. The maximum Gasteiger partial charge on any atom is 0.393 e. The summed E-state index contributed by atoms with van der Waals surface area (Å²) in [5.74, 6) is -62.2. The van der Waals surface area contributed by atoms with Crippen LogP contribution in [0.4, 0.5) is 70.2 Å². The number of halogens is 17. The third kappa shape index (κ3) is 3.58. The van der Waals surface area contributed by atoms with Crippen molar-refractivity contribution in [1.29, 1.82) is 0 Å². The highest BCUT2D eigenvalue weighted by molar-refractivity contribution is 6.22. The number of allylic oxidation sites excluding steroid dienone is 2. The molecule has 0 amide bonds. The van der Waals surface area contributed by atoms with Crippen LogP contribution in [-0.4, -0.2) is 57.9 Å². The van der Waals surface area contributed by atoms with Gasteiger partial charge in [-0.1, -0.05) is 6.08 Å². The molecule has 2 aliphatic rings. The van der Waals surface area contributed by atoms with E-state index in [1.54, 1.807) is 0 Å².